The van der Waals surface area contributed by atoms with Crippen LogP contribution in [0.4, 0.5) is 4.39 Å². The van der Waals surface area contributed by atoms with Crippen LogP contribution in [0.25, 0.3) is 0 Å². The Morgan fingerprint density at radius 2 is 2.10 bits per heavy atom. The minimum atomic E-state index is -0.270. The monoisotopic (exact) mass is 278 g/mol. The number of aryl methyl sites for hydroxylation is 1. The van der Waals surface area contributed by atoms with E-state index in [1.54, 1.807) is 24.1 Å². The number of rotatable bonds is 4. The third-order valence-electron chi connectivity index (χ3n) is 3.55. The molecule has 2 amide bonds. The number of piperidine rings is 1. The van der Waals surface area contributed by atoms with Crippen molar-refractivity contribution in [1.82, 2.24) is 10.2 Å². The van der Waals surface area contributed by atoms with Crippen LogP contribution in [0.3, 0.4) is 0 Å². The molecule has 2 rings (SSSR count). The number of halogens is 1. The Hall–Kier alpha value is -1.91. The van der Waals surface area contributed by atoms with Gasteiger partial charge in [0.05, 0.1) is 0 Å². The summed E-state index contributed by atoms with van der Waals surface area (Å²) >= 11 is 0. The van der Waals surface area contributed by atoms with Crippen molar-refractivity contribution in [3.05, 3.63) is 35.6 Å². The maximum Gasteiger partial charge on any atom is 0.222 e. The van der Waals surface area contributed by atoms with E-state index >= 15 is 0 Å². The molecule has 0 aromatic heterocycles. The molecule has 108 valence electrons. The summed E-state index contributed by atoms with van der Waals surface area (Å²) in [5.74, 6) is -0.169. The summed E-state index contributed by atoms with van der Waals surface area (Å²) in [6, 6.07) is 6.22. The highest BCUT2D eigenvalue weighted by atomic mass is 19.1. The van der Waals surface area contributed by atoms with Crippen LogP contribution >= 0.6 is 0 Å². The van der Waals surface area contributed by atoms with Gasteiger partial charge in [-0.2, -0.15) is 0 Å². The molecule has 1 fully saturated rings. The summed E-state index contributed by atoms with van der Waals surface area (Å²) in [7, 11) is 1.75. The van der Waals surface area contributed by atoms with Gasteiger partial charge >= 0.3 is 0 Å². The van der Waals surface area contributed by atoms with Gasteiger partial charge in [0.25, 0.3) is 0 Å². The topological polar surface area (TPSA) is 49.4 Å². The number of carbonyl (C=O) groups excluding carboxylic acids is 2. The molecule has 1 N–H and O–H groups in total. The van der Waals surface area contributed by atoms with Crippen LogP contribution < -0.4 is 5.32 Å². The van der Waals surface area contributed by atoms with E-state index in [2.05, 4.69) is 5.32 Å². The molecule has 0 spiro atoms. The Morgan fingerprint density at radius 3 is 2.75 bits per heavy atom. The van der Waals surface area contributed by atoms with Gasteiger partial charge in [-0.05, 0) is 30.5 Å². The summed E-state index contributed by atoms with van der Waals surface area (Å²) in [6.45, 7) is 0.571. The zero-order valence-corrected chi connectivity index (χ0v) is 11.6. The molecule has 20 heavy (non-hydrogen) atoms. The third-order valence-corrected chi connectivity index (χ3v) is 3.55. The lowest BCUT2D eigenvalue weighted by Crippen LogP contribution is -2.48. The Labute approximate surface area is 118 Å². The van der Waals surface area contributed by atoms with E-state index < -0.39 is 0 Å². The largest absolute Gasteiger partial charge is 0.352 e. The lowest BCUT2D eigenvalue weighted by Gasteiger charge is -2.30. The molecule has 1 saturated heterocycles. The molecule has 4 nitrogen and oxygen atoms in total. The zero-order chi connectivity index (χ0) is 14.5. The second-order valence-electron chi connectivity index (χ2n) is 5.20. The van der Waals surface area contributed by atoms with Crippen LogP contribution in [0.5, 0.6) is 0 Å². The zero-order valence-electron chi connectivity index (χ0n) is 11.6. The van der Waals surface area contributed by atoms with E-state index in [4.69, 9.17) is 0 Å². The number of carbonyl (C=O) groups is 2. The summed E-state index contributed by atoms with van der Waals surface area (Å²) in [4.78, 5) is 24.8. The Balaban J connectivity index is 1.75. The van der Waals surface area contributed by atoms with Crippen molar-refractivity contribution >= 4 is 11.8 Å². The molecule has 0 unspecified atom stereocenters. The molecule has 5 heteroatoms. The maximum atomic E-state index is 12.8. The number of likely N-dealkylation sites (tertiary alicyclic amines) is 1. The fourth-order valence-electron chi connectivity index (χ4n) is 2.34. The highest BCUT2D eigenvalue weighted by molar-refractivity contribution is 5.79. The normalized spacial score (nSPS) is 19.0. The van der Waals surface area contributed by atoms with E-state index in [0.717, 1.165) is 5.56 Å². The highest BCUT2D eigenvalue weighted by Crippen LogP contribution is 2.10. The van der Waals surface area contributed by atoms with Crippen LogP contribution in [-0.2, 0) is 16.0 Å². The summed E-state index contributed by atoms with van der Waals surface area (Å²) in [6.07, 6.45) is 2.15. The second-order valence-corrected chi connectivity index (χ2v) is 5.20. The van der Waals surface area contributed by atoms with E-state index in [1.807, 2.05) is 0 Å². The molecule has 1 heterocycles. The van der Waals surface area contributed by atoms with Crippen LogP contribution in [-0.4, -0.2) is 36.3 Å². The Bertz CT molecular complexity index is 487. The fraction of sp³-hybridized carbons (Fsp3) is 0.467. The van der Waals surface area contributed by atoms with E-state index in [-0.39, 0.29) is 23.7 Å². The molecule has 1 aromatic carbocycles. The first kappa shape index (κ1) is 14.5. The lowest BCUT2D eigenvalue weighted by molar-refractivity contribution is -0.134. The van der Waals surface area contributed by atoms with Crippen molar-refractivity contribution in [3.63, 3.8) is 0 Å². The van der Waals surface area contributed by atoms with E-state index in [1.165, 1.54) is 12.1 Å². The summed E-state index contributed by atoms with van der Waals surface area (Å²) in [5.41, 5.74) is 0.942. The summed E-state index contributed by atoms with van der Waals surface area (Å²) < 4.78 is 12.8. The predicted octanol–water partition coefficient (Wildman–Crippen LogP) is 1.50. The number of likely N-dealkylation sites (N-methyl/N-ethyl adjacent to an activating group) is 1. The number of hydrogen-bond acceptors (Lipinski definition) is 2. The molecular weight excluding hydrogens is 259 g/mol. The van der Waals surface area contributed by atoms with Crippen molar-refractivity contribution in [2.24, 2.45) is 0 Å². The van der Waals surface area contributed by atoms with Gasteiger partial charge in [0, 0.05) is 32.5 Å². The van der Waals surface area contributed by atoms with Gasteiger partial charge in [-0.1, -0.05) is 12.1 Å². The van der Waals surface area contributed by atoms with Crippen molar-refractivity contribution in [2.45, 2.75) is 31.7 Å². The maximum absolute atomic E-state index is 12.8. The van der Waals surface area contributed by atoms with E-state index in [0.29, 0.717) is 32.2 Å². The van der Waals surface area contributed by atoms with Crippen molar-refractivity contribution < 1.29 is 14.0 Å². The first-order chi connectivity index (χ1) is 9.54. The molecule has 1 aliphatic rings. The summed E-state index contributed by atoms with van der Waals surface area (Å²) in [5, 5.41) is 2.94. The van der Waals surface area contributed by atoms with Gasteiger partial charge in [0.2, 0.25) is 11.8 Å². The van der Waals surface area contributed by atoms with Gasteiger partial charge < -0.3 is 10.2 Å². The van der Waals surface area contributed by atoms with Crippen molar-refractivity contribution in [3.8, 4) is 0 Å². The first-order valence-corrected chi connectivity index (χ1v) is 6.82. The van der Waals surface area contributed by atoms with Gasteiger partial charge in [0.15, 0.2) is 0 Å². The smallest absolute Gasteiger partial charge is 0.222 e. The van der Waals surface area contributed by atoms with Crippen LogP contribution in [0.1, 0.15) is 24.8 Å². The molecule has 1 aromatic rings. The predicted molar refractivity (Wildman–Crippen MR) is 73.5 cm³/mol. The van der Waals surface area contributed by atoms with Crippen LogP contribution in [0.15, 0.2) is 24.3 Å². The van der Waals surface area contributed by atoms with Crippen LogP contribution in [0, 0.1) is 5.82 Å². The number of nitrogens with zero attached hydrogens (tertiary/aromatic N) is 1. The molecule has 0 radical (unpaired) electrons. The van der Waals surface area contributed by atoms with Gasteiger partial charge in [-0.3, -0.25) is 9.59 Å². The fourth-order valence-corrected chi connectivity index (χ4v) is 2.34. The second kappa shape index (κ2) is 6.50. The minimum absolute atomic E-state index is 0.0259. The van der Waals surface area contributed by atoms with Gasteiger partial charge in [0.1, 0.15) is 5.82 Å². The standard InChI is InChI=1S/C15H19FN2O2/c1-18-10-13(7-9-15(18)20)17-14(19)8-4-11-2-5-12(16)6-3-11/h2-3,5-6,13H,4,7-10H2,1H3,(H,17,19)/t13-/m1/s1. The number of amides is 2. The number of hydrogen-bond donors (Lipinski definition) is 1. The van der Waals surface area contributed by atoms with Crippen LogP contribution in [0.2, 0.25) is 0 Å². The lowest BCUT2D eigenvalue weighted by atomic mass is 10.0. The minimum Gasteiger partial charge on any atom is -0.352 e. The Kier molecular flexibility index (Phi) is 4.71. The SMILES string of the molecule is CN1C[C@H](NC(=O)CCc2ccc(F)cc2)CCC1=O. The first-order valence-electron chi connectivity index (χ1n) is 6.82. The average molecular weight is 278 g/mol. The average Bonchev–Trinajstić information content (AvgIpc) is 2.42. The quantitative estimate of drug-likeness (QED) is 0.907. The molecule has 0 aliphatic carbocycles. The molecular formula is C15H19FN2O2. The molecule has 1 aliphatic heterocycles. The Morgan fingerprint density at radius 1 is 1.40 bits per heavy atom. The van der Waals surface area contributed by atoms with Crippen molar-refractivity contribution in [2.75, 3.05) is 13.6 Å². The van der Waals surface area contributed by atoms with E-state index in [9.17, 15) is 14.0 Å². The molecule has 1 atom stereocenters. The number of benzene rings is 1. The highest BCUT2D eigenvalue weighted by Gasteiger charge is 2.23. The number of nitrogens with one attached hydrogen (secondary N) is 1. The van der Waals surface area contributed by atoms with Crippen molar-refractivity contribution in [1.29, 1.82) is 0 Å². The third kappa shape index (κ3) is 4.05. The van der Waals surface area contributed by atoms with Gasteiger partial charge in [-0.15, -0.1) is 0 Å². The van der Waals surface area contributed by atoms with Gasteiger partial charge in [-0.25, -0.2) is 4.39 Å². The molecule has 0 bridgehead atoms. The molecule has 0 saturated carbocycles.